The zero-order chi connectivity index (χ0) is 32.7. The first-order valence-electron chi connectivity index (χ1n) is 15.9. The van der Waals surface area contributed by atoms with E-state index in [1.54, 1.807) is 12.1 Å². The molecule has 12 heteroatoms. The molecule has 1 saturated heterocycles. The molecule has 5 rings (SSSR count). The Bertz CT molecular complexity index is 1410. The van der Waals surface area contributed by atoms with Crippen molar-refractivity contribution in [3.8, 4) is 0 Å². The standard InChI is InChI=1S/C33H44ClN5O6/c1-6-8-22(25(40)28(42)35-21-11-12-21)36-27(41)24-17-33(16-23(38-45-33)19-9-7-10-20(34)15-19)18-39(24)29(43)26(31(2,3)4)37-30(44)32(5)13-14-32/h7,9-10,15,21-22,24,26H,6,8,11-14,16-18H2,1-5H3,(H,35,42)(H,36,41)(H,37,44)/t22-,24-,26+,33+/m0/s1. The topological polar surface area (TPSA) is 146 Å². The van der Waals surface area contributed by atoms with Crippen molar-refractivity contribution in [3.05, 3.63) is 34.9 Å². The molecule has 45 heavy (non-hydrogen) atoms. The summed E-state index contributed by atoms with van der Waals surface area (Å²) in [6.07, 6.45) is 4.42. The van der Waals surface area contributed by atoms with Crippen molar-refractivity contribution in [3.63, 3.8) is 0 Å². The number of carbonyl (C=O) groups excluding carboxylic acids is 5. The fourth-order valence-corrected chi connectivity index (χ4v) is 6.14. The first-order valence-corrected chi connectivity index (χ1v) is 16.3. The summed E-state index contributed by atoms with van der Waals surface area (Å²) in [6.45, 7) is 9.39. The lowest BCUT2D eigenvalue weighted by Crippen LogP contribution is -2.59. The van der Waals surface area contributed by atoms with Crippen LogP contribution in [0.4, 0.5) is 0 Å². The van der Waals surface area contributed by atoms with Gasteiger partial charge in [0.15, 0.2) is 5.60 Å². The van der Waals surface area contributed by atoms with E-state index in [0.717, 1.165) is 31.2 Å². The minimum atomic E-state index is -1.04. The number of ketones is 1. The summed E-state index contributed by atoms with van der Waals surface area (Å²) in [5.74, 6) is -2.58. The predicted molar refractivity (Wildman–Crippen MR) is 168 cm³/mol. The molecule has 2 aliphatic carbocycles. The van der Waals surface area contributed by atoms with Crippen LogP contribution in [0.3, 0.4) is 0 Å². The Morgan fingerprint density at radius 1 is 1.13 bits per heavy atom. The SMILES string of the molecule is CCC[C@H](NC(=O)[C@@H]1C[C@]2(CC(c3cccc(Cl)c3)=NO2)CN1C(=O)[C@@H](NC(=O)C1(C)CC1)C(C)(C)C)C(=O)C(=O)NC1CC1. The number of benzene rings is 1. The Kier molecular flexibility index (Phi) is 9.05. The highest BCUT2D eigenvalue weighted by Gasteiger charge is 2.56. The van der Waals surface area contributed by atoms with Gasteiger partial charge in [-0.1, -0.05) is 69.9 Å². The van der Waals surface area contributed by atoms with Gasteiger partial charge in [0.1, 0.15) is 12.1 Å². The number of hydrogen-bond acceptors (Lipinski definition) is 7. The first kappa shape index (κ1) is 32.9. The van der Waals surface area contributed by atoms with E-state index in [0.29, 0.717) is 23.6 Å². The molecule has 0 bridgehead atoms. The average molecular weight is 642 g/mol. The molecule has 2 aliphatic heterocycles. The lowest BCUT2D eigenvalue weighted by molar-refractivity contribution is -0.146. The van der Waals surface area contributed by atoms with Gasteiger partial charge < -0.3 is 25.7 Å². The number of rotatable bonds is 11. The third-order valence-corrected chi connectivity index (χ3v) is 9.50. The molecule has 1 aromatic rings. The van der Waals surface area contributed by atoms with Crippen LogP contribution in [-0.4, -0.2) is 76.3 Å². The van der Waals surface area contributed by atoms with Crippen LogP contribution in [0.1, 0.15) is 91.5 Å². The van der Waals surface area contributed by atoms with Crippen LogP contribution in [0.2, 0.25) is 5.02 Å². The second-order valence-corrected chi connectivity index (χ2v) is 14.9. The zero-order valence-electron chi connectivity index (χ0n) is 26.7. The molecule has 3 fully saturated rings. The number of Topliss-reactive ketones (excluding diaryl/α,β-unsaturated/α-hetero) is 1. The van der Waals surface area contributed by atoms with E-state index < -0.39 is 58.1 Å². The van der Waals surface area contributed by atoms with Crippen molar-refractivity contribution in [1.29, 1.82) is 0 Å². The molecular formula is C33H44ClN5O6. The van der Waals surface area contributed by atoms with Gasteiger partial charge in [0.05, 0.1) is 18.3 Å². The van der Waals surface area contributed by atoms with Gasteiger partial charge in [0, 0.05) is 34.9 Å². The first-order chi connectivity index (χ1) is 21.1. The number of halogens is 1. The molecule has 4 aliphatic rings. The summed E-state index contributed by atoms with van der Waals surface area (Å²) in [6, 6.07) is 4.24. The molecule has 1 aromatic carbocycles. The second kappa shape index (κ2) is 12.4. The highest BCUT2D eigenvalue weighted by molar-refractivity contribution is 6.38. The number of nitrogens with zero attached hydrogens (tertiary/aromatic N) is 2. The van der Waals surface area contributed by atoms with Crippen LogP contribution in [0, 0.1) is 10.8 Å². The third kappa shape index (κ3) is 7.34. The van der Waals surface area contributed by atoms with Crippen molar-refractivity contribution < 1.29 is 28.8 Å². The normalized spacial score (nSPS) is 24.7. The lowest BCUT2D eigenvalue weighted by atomic mass is 9.85. The lowest BCUT2D eigenvalue weighted by Gasteiger charge is -2.36. The van der Waals surface area contributed by atoms with Gasteiger partial charge in [-0.25, -0.2) is 0 Å². The van der Waals surface area contributed by atoms with E-state index >= 15 is 0 Å². The van der Waals surface area contributed by atoms with Gasteiger partial charge in [-0.3, -0.25) is 24.0 Å². The van der Waals surface area contributed by atoms with Crippen molar-refractivity contribution in [2.75, 3.05) is 6.54 Å². The predicted octanol–water partition coefficient (Wildman–Crippen LogP) is 3.27. The van der Waals surface area contributed by atoms with Crippen LogP contribution < -0.4 is 16.0 Å². The van der Waals surface area contributed by atoms with Gasteiger partial charge in [0.2, 0.25) is 23.5 Å². The summed E-state index contributed by atoms with van der Waals surface area (Å²) >= 11 is 6.22. The van der Waals surface area contributed by atoms with Crippen LogP contribution in [-0.2, 0) is 28.8 Å². The highest BCUT2D eigenvalue weighted by Crippen LogP contribution is 2.46. The maximum Gasteiger partial charge on any atom is 0.289 e. The Morgan fingerprint density at radius 3 is 2.44 bits per heavy atom. The number of nitrogens with one attached hydrogen (secondary N) is 3. The molecule has 11 nitrogen and oxygen atoms in total. The molecule has 1 spiro atoms. The molecular weight excluding hydrogens is 598 g/mol. The Hall–Kier alpha value is -3.47. The van der Waals surface area contributed by atoms with Crippen LogP contribution in [0.5, 0.6) is 0 Å². The smallest absolute Gasteiger partial charge is 0.289 e. The molecule has 2 saturated carbocycles. The van der Waals surface area contributed by atoms with Crippen molar-refractivity contribution in [2.45, 2.75) is 116 Å². The van der Waals surface area contributed by atoms with E-state index in [2.05, 4.69) is 21.1 Å². The molecule has 0 aromatic heterocycles. The van der Waals surface area contributed by atoms with Crippen LogP contribution in [0.15, 0.2) is 29.4 Å². The summed E-state index contributed by atoms with van der Waals surface area (Å²) in [5.41, 5.74) is -0.759. The van der Waals surface area contributed by atoms with E-state index in [1.165, 1.54) is 4.90 Å². The molecule has 0 radical (unpaired) electrons. The minimum absolute atomic E-state index is 0.00196. The molecule has 4 atom stereocenters. The number of likely N-dealkylation sites (tertiary alicyclic amines) is 1. The maximum atomic E-state index is 14.4. The highest BCUT2D eigenvalue weighted by atomic mass is 35.5. The largest absolute Gasteiger partial charge is 0.387 e. The maximum absolute atomic E-state index is 14.4. The van der Waals surface area contributed by atoms with Gasteiger partial charge in [0.25, 0.3) is 5.91 Å². The molecule has 244 valence electrons. The van der Waals surface area contributed by atoms with E-state index in [4.69, 9.17) is 16.4 Å². The molecule has 2 heterocycles. The Morgan fingerprint density at radius 2 is 1.84 bits per heavy atom. The van der Waals surface area contributed by atoms with Gasteiger partial charge >= 0.3 is 0 Å². The Labute approximate surface area is 269 Å². The summed E-state index contributed by atoms with van der Waals surface area (Å²) < 4.78 is 0. The monoisotopic (exact) mass is 641 g/mol. The molecule has 3 N–H and O–H groups in total. The van der Waals surface area contributed by atoms with Gasteiger partial charge in [-0.2, -0.15) is 0 Å². The van der Waals surface area contributed by atoms with Crippen LogP contribution >= 0.6 is 11.6 Å². The third-order valence-electron chi connectivity index (χ3n) is 9.27. The fourth-order valence-electron chi connectivity index (χ4n) is 5.95. The van der Waals surface area contributed by atoms with Crippen molar-refractivity contribution in [1.82, 2.24) is 20.9 Å². The van der Waals surface area contributed by atoms with Gasteiger partial charge in [-0.05, 0) is 49.7 Å². The minimum Gasteiger partial charge on any atom is -0.387 e. The number of oxime groups is 1. The van der Waals surface area contributed by atoms with E-state index in [1.807, 2.05) is 46.8 Å². The average Bonchev–Trinajstić information content (AvgIpc) is 3.88. The number of carbonyl (C=O) groups is 5. The second-order valence-electron chi connectivity index (χ2n) is 14.5. The summed E-state index contributed by atoms with van der Waals surface area (Å²) in [5, 5.41) is 13.4. The molecule has 4 amide bonds. The van der Waals surface area contributed by atoms with Crippen LogP contribution in [0.25, 0.3) is 0 Å². The van der Waals surface area contributed by atoms with Crippen molar-refractivity contribution in [2.24, 2.45) is 16.0 Å². The Balaban J connectivity index is 1.40. The van der Waals surface area contributed by atoms with E-state index in [-0.39, 0.29) is 31.3 Å². The fraction of sp³-hybridized carbons (Fsp3) is 0.636. The summed E-state index contributed by atoms with van der Waals surface area (Å²) in [4.78, 5) is 74.7. The number of hydrogen-bond donors (Lipinski definition) is 3. The number of amides is 4. The zero-order valence-corrected chi connectivity index (χ0v) is 27.5. The van der Waals surface area contributed by atoms with E-state index in [9.17, 15) is 24.0 Å². The quantitative estimate of drug-likeness (QED) is 0.316. The summed E-state index contributed by atoms with van der Waals surface area (Å²) in [7, 11) is 0. The van der Waals surface area contributed by atoms with Gasteiger partial charge in [-0.15, -0.1) is 0 Å². The van der Waals surface area contributed by atoms with Crippen molar-refractivity contribution >= 4 is 46.7 Å². The molecule has 0 unspecified atom stereocenters.